The predicted octanol–water partition coefficient (Wildman–Crippen LogP) is 4.84. The number of carbonyl (C=O) groups excluding carboxylic acids is 2. The number of hydrogen-bond acceptors (Lipinski definition) is 6. The van der Waals surface area contributed by atoms with Crippen LogP contribution in [-0.2, 0) is 0 Å². The fraction of sp³-hybridized carbons (Fsp3) is 0.0476. The van der Waals surface area contributed by atoms with Crippen molar-refractivity contribution in [2.45, 2.75) is 6.92 Å². The third-order valence-corrected chi connectivity index (χ3v) is 5.06. The molecule has 7 heteroatoms. The van der Waals surface area contributed by atoms with Crippen molar-refractivity contribution < 1.29 is 14.0 Å². The van der Waals surface area contributed by atoms with Crippen molar-refractivity contribution in [2.75, 3.05) is 5.32 Å². The van der Waals surface area contributed by atoms with E-state index in [9.17, 15) is 9.59 Å². The molecule has 0 atom stereocenters. The van der Waals surface area contributed by atoms with Gasteiger partial charge in [-0.1, -0.05) is 53.3 Å². The summed E-state index contributed by atoms with van der Waals surface area (Å²) < 4.78 is 5.42. The molecule has 2 heterocycles. The van der Waals surface area contributed by atoms with Gasteiger partial charge in [0.2, 0.25) is 5.01 Å². The number of rotatable bonds is 5. The van der Waals surface area contributed by atoms with Gasteiger partial charge in [-0.25, -0.2) is 0 Å². The Balaban J connectivity index is 1.49. The summed E-state index contributed by atoms with van der Waals surface area (Å²) in [6.45, 7) is 1.99. The van der Waals surface area contributed by atoms with E-state index in [2.05, 4.69) is 15.5 Å². The fourth-order valence-corrected chi connectivity index (χ4v) is 3.35. The molecule has 4 rings (SSSR count). The second-order valence-electron chi connectivity index (χ2n) is 6.13. The van der Waals surface area contributed by atoms with E-state index < -0.39 is 0 Å². The Kier molecular flexibility index (Phi) is 4.82. The van der Waals surface area contributed by atoms with Gasteiger partial charge < -0.3 is 9.73 Å². The molecule has 0 aliphatic rings. The van der Waals surface area contributed by atoms with Gasteiger partial charge in [0.1, 0.15) is 10.8 Å². The largest absolute Gasteiger partial charge is 0.453 e. The fourth-order valence-electron chi connectivity index (χ4n) is 2.60. The number of nitrogens with one attached hydrogen (secondary N) is 1. The summed E-state index contributed by atoms with van der Waals surface area (Å²) in [7, 11) is 0. The molecule has 0 bridgehead atoms. The molecular weight excluding hydrogens is 374 g/mol. The number of nitrogens with zero attached hydrogens (tertiary/aromatic N) is 2. The second-order valence-corrected chi connectivity index (χ2v) is 7.11. The highest BCUT2D eigenvalue weighted by Gasteiger charge is 2.14. The Morgan fingerprint density at radius 1 is 0.964 bits per heavy atom. The van der Waals surface area contributed by atoms with Gasteiger partial charge in [0.05, 0.1) is 0 Å². The Morgan fingerprint density at radius 3 is 2.36 bits per heavy atom. The highest BCUT2D eigenvalue weighted by molar-refractivity contribution is 7.16. The molecule has 2 aromatic heterocycles. The minimum atomic E-state index is -0.291. The molecule has 4 aromatic rings. The summed E-state index contributed by atoms with van der Waals surface area (Å²) in [5.41, 5.74) is 3.53. The smallest absolute Gasteiger partial charge is 0.286 e. The minimum absolute atomic E-state index is 0.285. The first kappa shape index (κ1) is 17.8. The molecule has 1 N–H and O–H groups in total. The van der Waals surface area contributed by atoms with Crippen LogP contribution in [0.25, 0.3) is 21.9 Å². The van der Waals surface area contributed by atoms with Crippen LogP contribution in [0.1, 0.15) is 25.9 Å². The highest BCUT2D eigenvalue weighted by Crippen LogP contribution is 2.28. The average Bonchev–Trinajstić information content (AvgIpc) is 3.40. The average molecular weight is 389 g/mol. The number of amides is 1. The SMILES string of the molecule is Cc1ccc(NC(=O)c2nnc(-c3ccc(-c4ccc(C=O)o4)cc3)s2)cc1. The summed E-state index contributed by atoms with van der Waals surface area (Å²) >= 11 is 1.22. The summed E-state index contributed by atoms with van der Waals surface area (Å²) in [6, 6.07) is 18.4. The van der Waals surface area contributed by atoms with Gasteiger partial charge in [0.15, 0.2) is 12.0 Å². The van der Waals surface area contributed by atoms with Crippen molar-refractivity contribution in [3.05, 3.63) is 77.0 Å². The topological polar surface area (TPSA) is 85.1 Å². The van der Waals surface area contributed by atoms with Crippen molar-refractivity contribution in [1.29, 1.82) is 0 Å². The van der Waals surface area contributed by atoms with Gasteiger partial charge in [-0.05, 0) is 31.2 Å². The third kappa shape index (κ3) is 3.74. The van der Waals surface area contributed by atoms with E-state index in [0.29, 0.717) is 27.7 Å². The van der Waals surface area contributed by atoms with Crippen LogP contribution < -0.4 is 5.32 Å². The van der Waals surface area contributed by atoms with E-state index in [1.54, 1.807) is 12.1 Å². The van der Waals surface area contributed by atoms with Crippen molar-refractivity contribution in [3.8, 4) is 21.9 Å². The van der Waals surface area contributed by atoms with Gasteiger partial charge in [-0.2, -0.15) is 0 Å². The maximum absolute atomic E-state index is 12.4. The molecule has 0 spiro atoms. The Hall–Kier alpha value is -3.58. The van der Waals surface area contributed by atoms with Crippen LogP contribution in [0.5, 0.6) is 0 Å². The molecule has 0 aliphatic heterocycles. The summed E-state index contributed by atoms with van der Waals surface area (Å²) in [5, 5.41) is 11.9. The van der Waals surface area contributed by atoms with Crippen LogP contribution in [0.4, 0.5) is 5.69 Å². The number of aromatic nitrogens is 2. The number of aldehydes is 1. The number of benzene rings is 2. The van der Waals surface area contributed by atoms with Crippen LogP contribution in [0.15, 0.2) is 65.1 Å². The molecule has 0 unspecified atom stereocenters. The van der Waals surface area contributed by atoms with Gasteiger partial charge >= 0.3 is 0 Å². The van der Waals surface area contributed by atoms with Crippen LogP contribution in [0.3, 0.4) is 0 Å². The van der Waals surface area contributed by atoms with Gasteiger partial charge in [-0.3, -0.25) is 9.59 Å². The van der Waals surface area contributed by atoms with Crippen LogP contribution in [-0.4, -0.2) is 22.4 Å². The standard InChI is InChI=1S/C21H15N3O3S/c1-13-2-8-16(9-3-13)22-19(26)21-24-23-20(28-21)15-6-4-14(5-7-15)18-11-10-17(12-25)27-18/h2-12H,1H3,(H,22,26). The first-order valence-electron chi connectivity index (χ1n) is 8.50. The van der Waals surface area contributed by atoms with E-state index in [-0.39, 0.29) is 11.7 Å². The van der Waals surface area contributed by atoms with Crippen molar-refractivity contribution in [1.82, 2.24) is 10.2 Å². The van der Waals surface area contributed by atoms with E-state index in [1.807, 2.05) is 55.5 Å². The number of aryl methyl sites for hydroxylation is 1. The van der Waals surface area contributed by atoms with Crippen molar-refractivity contribution >= 4 is 29.2 Å². The van der Waals surface area contributed by atoms with Crippen molar-refractivity contribution in [3.63, 3.8) is 0 Å². The molecule has 0 saturated heterocycles. The molecular formula is C21H15N3O3S. The quantitative estimate of drug-likeness (QED) is 0.494. The predicted molar refractivity (Wildman–Crippen MR) is 108 cm³/mol. The van der Waals surface area contributed by atoms with Gasteiger partial charge in [-0.15, -0.1) is 10.2 Å². The summed E-state index contributed by atoms with van der Waals surface area (Å²) in [4.78, 5) is 23.1. The number of carbonyl (C=O) groups is 2. The molecule has 1 amide bonds. The number of hydrogen-bond donors (Lipinski definition) is 1. The van der Waals surface area contributed by atoms with E-state index in [0.717, 1.165) is 16.7 Å². The van der Waals surface area contributed by atoms with E-state index in [1.165, 1.54) is 11.3 Å². The first-order chi connectivity index (χ1) is 13.6. The Labute approximate surface area is 164 Å². The van der Waals surface area contributed by atoms with Gasteiger partial charge in [0, 0.05) is 16.8 Å². The monoisotopic (exact) mass is 389 g/mol. The molecule has 0 aliphatic carbocycles. The lowest BCUT2D eigenvalue weighted by Gasteiger charge is -2.02. The van der Waals surface area contributed by atoms with E-state index in [4.69, 9.17) is 4.42 Å². The van der Waals surface area contributed by atoms with Crippen LogP contribution in [0.2, 0.25) is 0 Å². The zero-order valence-corrected chi connectivity index (χ0v) is 15.7. The lowest BCUT2D eigenvalue weighted by atomic mass is 10.1. The van der Waals surface area contributed by atoms with Gasteiger partial charge in [0.25, 0.3) is 5.91 Å². The zero-order chi connectivity index (χ0) is 19.5. The van der Waals surface area contributed by atoms with Crippen molar-refractivity contribution in [2.24, 2.45) is 0 Å². The lowest BCUT2D eigenvalue weighted by molar-refractivity contribution is 0.102. The zero-order valence-electron chi connectivity index (χ0n) is 14.9. The lowest BCUT2D eigenvalue weighted by Crippen LogP contribution is -2.11. The third-order valence-electron chi connectivity index (χ3n) is 4.09. The molecule has 0 fully saturated rings. The molecule has 6 nitrogen and oxygen atoms in total. The summed E-state index contributed by atoms with van der Waals surface area (Å²) in [6.07, 6.45) is 0.669. The highest BCUT2D eigenvalue weighted by atomic mass is 32.1. The molecule has 0 saturated carbocycles. The Morgan fingerprint density at radius 2 is 1.68 bits per heavy atom. The van der Waals surface area contributed by atoms with E-state index >= 15 is 0 Å². The number of anilines is 1. The minimum Gasteiger partial charge on any atom is -0.453 e. The Bertz CT molecular complexity index is 1130. The second kappa shape index (κ2) is 7.58. The number of furan rings is 1. The van der Waals surface area contributed by atoms with Crippen LogP contribution >= 0.6 is 11.3 Å². The maximum atomic E-state index is 12.4. The van der Waals surface area contributed by atoms with Crippen LogP contribution in [0, 0.1) is 6.92 Å². The summed E-state index contributed by atoms with van der Waals surface area (Å²) in [5.74, 6) is 0.609. The first-order valence-corrected chi connectivity index (χ1v) is 9.31. The molecule has 0 radical (unpaired) electrons. The molecule has 2 aromatic carbocycles. The molecule has 138 valence electrons. The maximum Gasteiger partial charge on any atom is 0.286 e. The molecule has 28 heavy (non-hydrogen) atoms. The normalized spacial score (nSPS) is 10.6.